The molecule has 0 saturated carbocycles. The number of fused-ring (bicyclic) bond motifs is 1. The lowest BCUT2D eigenvalue weighted by Gasteiger charge is -2.20. The van der Waals surface area contributed by atoms with Gasteiger partial charge < -0.3 is 15.2 Å². The lowest BCUT2D eigenvalue weighted by Crippen LogP contribution is -2.43. The average molecular weight is 387 g/mol. The lowest BCUT2D eigenvalue weighted by atomic mass is 10.1. The standard InChI is InChI=1S/C20H25N3O5/c1-12(2)28-19(25)16(21)10-13-4-6-14(7-5-13)23-18(24)15-11-27-9-8-17(15)22(3)20(23)26/h4-7,12,16H,8-11,21H2,1-3H3/t16-/m0/s1. The Morgan fingerprint density at radius 2 is 1.93 bits per heavy atom. The van der Waals surface area contributed by atoms with Crippen LogP contribution < -0.4 is 17.0 Å². The van der Waals surface area contributed by atoms with Crippen LogP contribution in [0.4, 0.5) is 0 Å². The van der Waals surface area contributed by atoms with Gasteiger partial charge in [0.2, 0.25) is 0 Å². The fraction of sp³-hybridized carbons (Fsp3) is 0.450. The van der Waals surface area contributed by atoms with Crippen LogP contribution in [-0.4, -0.2) is 33.9 Å². The van der Waals surface area contributed by atoms with Gasteiger partial charge in [0.05, 0.1) is 30.6 Å². The van der Waals surface area contributed by atoms with Gasteiger partial charge in [-0.1, -0.05) is 12.1 Å². The maximum absolute atomic E-state index is 12.8. The summed E-state index contributed by atoms with van der Waals surface area (Å²) in [5.74, 6) is -0.459. The minimum atomic E-state index is -0.773. The highest BCUT2D eigenvalue weighted by Gasteiger charge is 2.21. The number of carbonyl (C=O) groups is 1. The number of hydrogen-bond donors (Lipinski definition) is 1. The van der Waals surface area contributed by atoms with Crippen molar-refractivity contribution in [3.05, 3.63) is 61.9 Å². The zero-order valence-electron chi connectivity index (χ0n) is 16.3. The van der Waals surface area contributed by atoms with Gasteiger partial charge in [0, 0.05) is 19.2 Å². The highest BCUT2D eigenvalue weighted by atomic mass is 16.5. The van der Waals surface area contributed by atoms with Crippen molar-refractivity contribution in [3.8, 4) is 5.69 Å². The largest absolute Gasteiger partial charge is 0.462 e. The summed E-state index contributed by atoms with van der Waals surface area (Å²) in [5.41, 5.74) is 7.65. The van der Waals surface area contributed by atoms with Crippen LogP contribution in [0.3, 0.4) is 0 Å². The third kappa shape index (κ3) is 3.93. The molecule has 0 fully saturated rings. The minimum Gasteiger partial charge on any atom is -0.462 e. The second kappa shape index (κ2) is 8.12. The highest BCUT2D eigenvalue weighted by Crippen LogP contribution is 2.13. The summed E-state index contributed by atoms with van der Waals surface area (Å²) in [5, 5.41) is 0. The number of esters is 1. The first kappa shape index (κ1) is 20.0. The van der Waals surface area contributed by atoms with Crippen molar-refractivity contribution in [1.29, 1.82) is 0 Å². The van der Waals surface area contributed by atoms with Crippen molar-refractivity contribution in [2.24, 2.45) is 12.8 Å². The Labute approximate surface area is 162 Å². The number of rotatable bonds is 5. The van der Waals surface area contributed by atoms with E-state index in [2.05, 4.69) is 0 Å². The Bertz CT molecular complexity index is 989. The third-order valence-corrected chi connectivity index (χ3v) is 4.73. The monoisotopic (exact) mass is 387 g/mol. The van der Waals surface area contributed by atoms with Gasteiger partial charge in [0.1, 0.15) is 6.04 Å². The van der Waals surface area contributed by atoms with Gasteiger partial charge in [-0.15, -0.1) is 0 Å². The Hall–Kier alpha value is -2.71. The first-order valence-corrected chi connectivity index (χ1v) is 9.26. The van der Waals surface area contributed by atoms with Gasteiger partial charge in [-0.25, -0.2) is 9.36 Å². The SMILES string of the molecule is CC(C)OC(=O)[C@@H](N)Cc1ccc(-n2c(=O)c3c(n(C)c2=O)CCOC3)cc1. The Morgan fingerprint density at radius 1 is 1.25 bits per heavy atom. The summed E-state index contributed by atoms with van der Waals surface area (Å²) < 4.78 is 13.1. The van der Waals surface area contributed by atoms with E-state index in [1.165, 1.54) is 4.57 Å². The molecule has 1 atom stereocenters. The number of benzene rings is 1. The van der Waals surface area contributed by atoms with E-state index < -0.39 is 17.7 Å². The molecule has 0 amide bonds. The summed E-state index contributed by atoms with van der Waals surface area (Å²) in [6.45, 7) is 4.23. The molecular weight excluding hydrogens is 362 g/mol. The normalized spacial score (nSPS) is 14.6. The molecule has 0 unspecified atom stereocenters. The van der Waals surface area contributed by atoms with E-state index in [1.807, 2.05) is 0 Å². The molecule has 3 rings (SSSR count). The molecule has 2 heterocycles. The van der Waals surface area contributed by atoms with Crippen molar-refractivity contribution in [2.45, 2.75) is 45.4 Å². The van der Waals surface area contributed by atoms with E-state index in [9.17, 15) is 14.4 Å². The van der Waals surface area contributed by atoms with Crippen molar-refractivity contribution in [1.82, 2.24) is 9.13 Å². The van der Waals surface area contributed by atoms with Crippen LogP contribution in [0.5, 0.6) is 0 Å². The molecule has 2 N–H and O–H groups in total. The predicted octanol–water partition coefficient (Wildman–Crippen LogP) is 0.430. The number of nitrogens with two attached hydrogens (primary N) is 1. The minimum absolute atomic E-state index is 0.202. The van der Waals surface area contributed by atoms with Crippen LogP contribution in [0.2, 0.25) is 0 Å². The van der Waals surface area contributed by atoms with Gasteiger partial charge in [-0.05, 0) is 38.0 Å². The van der Waals surface area contributed by atoms with Gasteiger partial charge in [-0.3, -0.25) is 14.2 Å². The molecule has 1 aromatic heterocycles. The molecule has 0 saturated heterocycles. The first-order chi connectivity index (χ1) is 13.3. The summed E-state index contributed by atoms with van der Waals surface area (Å²) in [6, 6.07) is 6.08. The molecule has 8 heteroatoms. The van der Waals surface area contributed by atoms with Gasteiger partial charge >= 0.3 is 11.7 Å². The number of aromatic nitrogens is 2. The molecule has 0 spiro atoms. The molecule has 0 radical (unpaired) electrons. The summed E-state index contributed by atoms with van der Waals surface area (Å²) in [4.78, 5) is 37.4. The lowest BCUT2D eigenvalue weighted by molar-refractivity contribution is -0.148. The van der Waals surface area contributed by atoms with Crippen LogP contribution in [0.25, 0.3) is 5.69 Å². The fourth-order valence-corrected chi connectivity index (χ4v) is 3.29. The van der Waals surface area contributed by atoms with E-state index in [-0.39, 0.29) is 18.3 Å². The van der Waals surface area contributed by atoms with Crippen LogP contribution >= 0.6 is 0 Å². The van der Waals surface area contributed by atoms with Crippen LogP contribution in [-0.2, 0) is 40.8 Å². The first-order valence-electron chi connectivity index (χ1n) is 9.26. The van der Waals surface area contributed by atoms with Crippen LogP contribution in [0.1, 0.15) is 30.7 Å². The molecule has 150 valence electrons. The Balaban J connectivity index is 1.88. The zero-order valence-corrected chi connectivity index (χ0v) is 16.3. The molecular formula is C20H25N3O5. The van der Waals surface area contributed by atoms with Crippen molar-refractivity contribution < 1.29 is 14.3 Å². The van der Waals surface area contributed by atoms with Crippen molar-refractivity contribution in [3.63, 3.8) is 0 Å². The number of ether oxygens (including phenoxy) is 2. The quantitative estimate of drug-likeness (QED) is 0.746. The molecule has 1 aromatic carbocycles. The molecule has 8 nitrogen and oxygen atoms in total. The maximum atomic E-state index is 12.8. The molecule has 1 aliphatic heterocycles. The van der Waals surface area contributed by atoms with E-state index >= 15 is 0 Å². The predicted molar refractivity (Wildman–Crippen MR) is 104 cm³/mol. The van der Waals surface area contributed by atoms with Crippen LogP contribution in [0, 0.1) is 0 Å². The Kier molecular flexibility index (Phi) is 5.81. The van der Waals surface area contributed by atoms with Crippen molar-refractivity contribution >= 4 is 5.97 Å². The smallest absolute Gasteiger partial charge is 0.335 e. The molecule has 1 aliphatic rings. The average Bonchev–Trinajstić information content (AvgIpc) is 2.67. The van der Waals surface area contributed by atoms with E-state index in [0.29, 0.717) is 30.7 Å². The molecule has 0 aliphatic carbocycles. The highest BCUT2D eigenvalue weighted by molar-refractivity contribution is 5.76. The number of carbonyl (C=O) groups excluding carboxylic acids is 1. The number of hydrogen-bond acceptors (Lipinski definition) is 6. The number of nitrogens with zero attached hydrogens (tertiary/aromatic N) is 2. The van der Waals surface area contributed by atoms with Gasteiger partial charge in [-0.2, -0.15) is 0 Å². The molecule has 2 aromatic rings. The summed E-state index contributed by atoms with van der Waals surface area (Å²) in [7, 11) is 1.66. The Morgan fingerprint density at radius 3 is 2.57 bits per heavy atom. The molecule has 0 bridgehead atoms. The summed E-state index contributed by atoms with van der Waals surface area (Å²) in [6.07, 6.45) is 0.619. The third-order valence-electron chi connectivity index (χ3n) is 4.73. The fourth-order valence-electron chi connectivity index (χ4n) is 3.29. The van der Waals surface area contributed by atoms with Gasteiger partial charge in [0.25, 0.3) is 5.56 Å². The second-order valence-corrected chi connectivity index (χ2v) is 7.17. The van der Waals surface area contributed by atoms with E-state index in [4.69, 9.17) is 15.2 Å². The van der Waals surface area contributed by atoms with E-state index in [1.54, 1.807) is 45.2 Å². The maximum Gasteiger partial charge on any atom is 0.335 e. The second-order valence-electron chi connectivity index (χ2n) is 7.17. The van der Waals surface area contributed by atoms with Gasteiger partial charge in [0.15, 0.2) is 0 Å². The van der Waals surface area contributed by atoms with Crippen LogP contribution in [0.15, 0.2) is 33.9 Å². The molecule has 28 heavy (non-hydrogen) atoms. The topological polar surface area (TPSA) is 106 Å². The zero-order chi connectivity index (χ0) is 20.4. The van der Waals surface area contributed by atoms with Crippen molar-refractivity contribution in [2.75, 3.05) is 6.61 Å². The van der Waals surface area contributed by atoms with E-state index in [0.717, 1.165) is 15.8 Å². The summed E-state index contributed by atoms with van der Waals surface area (Å²) >= 11 is 0.